The van der Waals surface area contributed by atoms with Gasteiger partial charge in [0, 0.05) is 38.8 Å². The molecule has 0 unspecified atom stereocenters. The molecule has 2 rings (SSSR count). The molecule has 1 aliphatic rings. The van der Waals surface area contributed by atoms with Crippen molar-refractivity contribution in [1.82, 2.24) is 20.4 Å². The molecule has 1 fully saturated rings. The standard InChI is InChI=1S/C20H30N6O/c1-4-22-20(23-14-18-7-5-17(13-21)6-8-18)26-11-9-25(10-12-26)15-19(27)24-16(2)3/h5-8,16H,4,9-12,14-15H2,1-3H3,(H,22,23)(H,24,27). The topological polar surface area (TPSA) is 83.8 Å². The normalized spacial score (nSPS) is 15.5. The minimum absolute atomic E-state index is 0.0832. The monoisotopic (exact) mass is 370 g/mol. The number of hydrogen-bond acceptors (Lipinski definition) is 4. The Hall–Kier alpha value is -2.59. The van der Waals surface area contributed by atoms with E-state index in [1.807, 2.05) is 38.1 Å². The van der Waals surface area contributed by atoms with Crippen LogP contribution in [0.15, 0.2) is 29.3 Å². The number of aliphatic imine (C=N–C) groups is 1. The molecular weight excluding hydrogens is 340 g/mol. The van der Waals surface area contributed by atoms with Gasteiger partial charge in [0.05, 0.1) is 24.7 Å². The number of piperazine rings is 1. The van der Waals surface area contributed by atoms with Gasteiger partial charge >= 0.3 is 0 Å². The van der Waals surface area contributed by atoms with Gasteiger partial charge in [0.15, 0.2) is 5.96 Å². The fraction of sp³-hybridized carbons (Fsp3) is 0.550. The van der Waals surface area contributed by atoms with E-state index in [1.54, 1.807) is 0 Å². The second-order valence-electron chi connectivity index (χ2n) is 6.96. The summed E-state index contributed by atoms with van der Waals surface area (Å²) in [5, 5.41) is 15.2. The maximum Gasteiger partial charge on any atom is 0.234 e. The fourth-order valence-corrected chi connectivity index (χ4v) is 2.97. The largest absolute Gasteiger partial charge is 0.357 e. The predicted octanol–water partition coefficient (Wildman–Crippen LogP) is 1.17. The summed E-state index contributed by atoms with van der Waals surface area (Å²) >= 11 is 0. The molecule has 2 N–H and O–H groups in total. The molecule has 0 saturated carbocycles. The Morgan fingerprint density at radius 2 is 1.89 bits per heavy atom. The van der Waals surface area contributed by atoms with Crippen molar-refractivity contribution < 1.29 is 4.79 Å². The third kappa shape index (κ3) is 6.91. The van der Waals surface area contributed by atoms with Crippen LogP contribution in [0.3, 0.4) is 0 Å². The molecule has 1 aromatic rings. The molecule has 1 aromatic carbocycles. The van der Waals surface area contributed by atoms with Crippen LogP contribution < -0.4 is 10.6 Å². The quantitative estimate of drug-likeness (QED) is 0.580. The van der Waals surface area contributed by atoms with E-state index in [0.29, 0.717) is 18.7 Å². The molecule has 0 atom stereocenters. The molecule has 1 saturated heterocycles. The van der Waals surface area contributed by atoms with Gasteiger partial charge in [-0.25, -0.2) is 4.99 Å². The van der Waals surface area contributed by atoms with Crippen LogP contribution in [0.25, 0.3) is 0 Å². The maximum atomic E-state index is 11.9. The summed E-state index contributed by atoms with van der Waals surface area (Å²) in [4.78, 5) is 21.1. The van der Waals surface area contributed by atoms with Crippen LogP contribution in [0, 0.1) is 11.3 Å². The first-order chi connectivity index (χ1) is 13.0. The summed E-state index contributed by atoms with van der Waals surface area (Å²) in [6.45, 7) is 11.2. The predicted molar refractivity (Wildman–Crippen MR) is 107 cm³/mol. The van der Waals surface area contributed by atoms with Crippen LogP contribution in [0.1, 0.15) is 31.9 Å². The van der Waals surface area contributed by atoms with Crippen LogP contribution in [-0.2, 0) is 11.3 Å². The number of hydrogen-bond donors (Lipinski definition) is 2. The number of benzene rings is 1. The number of guanidine groups is 1. The van der Waals surface area contributed by atoms with E-state index in [4.69, 9.17) is 10.3 Å². The Morgan fingerprint density at radius 1 is 1.22 bits per heavy atom. The van der Waals surface area contributed by atoms with Crippen LogP contribution in [0.4, 0.5) is 0 Å². The van der Waals surface area contributed by atoms with E-state index in [9.17, 15) is 4.79 Å². The van der Waals surface area contributed by atoms with Crippen molar-refractivity contribution in [2.45, 2.75) is 33.4 Å². The zero-order valence-corrected chi connectivity index (χ0v) is 16.5. The van der Waals surface area contributed by atoms with Gasteiger partial charge in [-0.3, -0.25) is 9.69 Å². The maximum absolute atomic E-state index is 11.9. The third-order valence-electron chi connectivity index (χ3n) is 4.32. The number of nitrogens with zero attached hydrogens (tertiary/aromatic N) is 4. The molecule has 0 spiro atoms. The van der Waals surface area contributed by atoms with Crippen LogP contribution in [0.5, 0.6) is 0 Å². The SMILES string of the molecule is CCNC(=NCc1ccc(C#N)cc1)N1CCN(CC(=O)NC(C)C)CC1. The van der Waals surface area contributed by atoms with E-state index in [-0.39, 0.29) is 11.9 Å². The molecule has 0 radical (unpaired) electrons. The summed E-state index contributed by atoms with van der Waals surface area (Å²) < 4.78 is 0. The van der Waals surface area contributed by atoms with E-state index in [1.165, 1.54) is 0 Å². The van der Waals surface area contributed by atoms with Crippen molar-refractivity contribution >= 4 is 11.9 Å². The van der Waals surface area contributed by atoms with Gasteiger partial charge in [-0.05, 0) is 38.5 Å². The zero-order chi connectivity index (χ0) is 19.6. The highest BCUT2D eigenvalue weighted by atomic mass is 16.2. The van der Waals surface area contributed by atoms with E-state index >= 15 is 0 Å². The van der Waals surface area contributed by atoms with Crippen LogP contribution >= 0.6 is 0 Å². The second kappa shape index (κ2) is 10.5. The number of amides is 1. The highest BCUT2D eigenvalue weighted by Crippen LogP contribution is 2.07. The molecular formula is C20H30N6O. The minimum Gasteiger partial charge on any atom is -0.357 e. The first-order valence-electron chi connectivity index (χ1n) is 9.55. The molecule has 27 heavy (non-hydrogen) atoms. The average molecular weight is 371 g/mol. The van der Waals surface area contributed by atoms with E-state index in [0.717, 1.165) is 44.2 Å². The number of carbonyl (C=O) groups excluding carboxylic acids is 1. The summed E-state index contributed by atoms with van der Waals surface area (Å²) in [6, 6.07) is 9.82. The Bertz CT molecular complexity index is 669. The smallest absolute Gasteiger partial charge is 0.234 e. The summed E-state index contributed by atoms with van der Waals surface area (Å²) in [5.41, 5.74) is 1.74. The van der Waals surface area contributed by atoms with Gasteiger partial charge in [-0.15, -0.1) is 0 Å². The van der Waals surface area contributed by atoms with Crippen molar-refractivity contribution in [3.63, 3.8) is 0 Å². The molecule has 0 aliphatic carbocycles. The highest BCUT2D eigenvalue weighted by Gasteiger charge is 2.21. The van der Waals surface area contributed by atoms with Crippen molar-refractivity contribution in [3.05, 3.63) is 35.4 Å². The lowest BCUT2D eigenvalue weighted by Gasteiger charge is -2.36. The molecule has 7 nitrogen and oxygen atoms in total. The van der Waals surface area contributed by atoms with Gasteiger partial charge in [0.2, 0.25) is 5.91 Å². The van der Waals surface area contributed by atoms with E-state index < -0.39 is 0 Å². The lowest BCUT2D eigenvalue weighted by atomic mass is 10.1. The first kappa shape index (κ1) is 20.7. The van der Waals surface area contributed by atoms with Gasteiger partial charge in [0.1, 0.15) is 0 Å². The van der Waals surface area contributed by atoms with Crippen molar-refractivity contribution in [3.8, 4) is 6.07 Å². The van der Waals surface area contributed by atoms with Gasteiger partial charge in [-0.2, -0.15) is 5.26 Å². The van der Waals surface area contributed by atoms with Crippen molar-refractivity contribution in [2.75, 3.05) is 39.3 Å². The number of nitrogens with one attached hydrogen (secondary N) is 2. The number of carbonyl (C=O) groups is 1. The summed E-state index contributed by atoms with van der Waals surface area (Å²) in [7, 11) is 0. The molecule has 1 amide bonds. The molecule has 1 heterocycles. The first-order valence-corrected chi connectivity index (χ1v) is 9.55. The van der Waals surface area contributed by atoms with E-state index in [2.05, 4.69) is 33.4 Å². The average Bonchev–Trinajstić information content (AvgIpc) is 2.65. The van der Waals surface area contributed by atoms with Gasteiger partial charge in [-0.1, -0.05) is 12.1 Å². The Balaban J connectivity index is 1.89. The Kier molecular flexibility index (Phi) is 8.08. The highest BCUT2D eigenvalue weighted by molar-refractivity contribution is 5.80. The molecule has 0 bridgehead atoms. The fourth-order valence-electron chi connectivity index (χ4n) is 2.97. The molecule has 0 aromatic heterocycles. The number of nitriles is 1. The van der Waals surface area contributed by atoms with Crippen molar-refractivity contribution in [2.24, 2.45) is 4.99 Å². The summed E-state index contributed by atoms with van der Waals surface area (Å²) in [6.07, 6.45) is 0. The lowest BCUT2D eigenvalue weighted by molar-refractivity contribution is -0.123. The summed E-state index contributed by atoms with van der Waals surface area (Å²) in [5.74, 6) is 0.980. The Morgan fingerprint density at radius 3 is 2.44 bits per heavy atom. The van der Waals surface area contributed by atoms with Crippen LogP contribution in [0.2, 0.25) is 0 Å². The second-order valence-corrected chi connectivity index (χ2v) is 6.96. The molecule has 1 aliphatic heterocycles. The minimum atomic E-state index is 0.0832. The van der Waals surface area contributed by atoms with Crippen LogP contribution in [-0.4, -0.2) is 67.0 Å². The number of rotatable bonds is 6. The van der Waals surface area contributed by atoms with Gasteiger partial charge < -0.3 is 15.5 Å². The van der Waals surface area contributed by atoms with Gasteiger partial charge in [0.25, 0.3) is 0 Å². The zero-order valence-electron chi connectivity index (χ0n) is 16.5. The molecule has 146 valence electrons. The third-order valence-corrected chi connectivity index (χ3v) is 4.32. The Labute approximate surface area is 162 Å². The van der Waals surface area contributed by atoms with Crippen molar-refractivity contribution in [1.29, 1.82) is 5.26 Å². The molecule has 7 heteroatoms. The lowest BCUT2D eigenvalue weighted by Crippen LogP contribution is -2.54.